The largest absolute Gasteiger partial charge is 0.481 e. The van der Waals surface area contributed by atoms with Crippen LogP contribution in [-0.4, -0.2) is 16.1 Å². The van der Waals surface area contributed by atoms with Gasteiger partial charge in [0.25, 0.3) is 0 Å². The zero-order valence-electron chi connectivity index (χ0n) is 8.99. The van der Waals surface area contributed by atoms with Gasteiger partial charge in [0.05, 0.1) is 11.6 Å². The molecule has 0 fully saturated rings. The molecule has 1 unspecified atom stereocenters. The van der Waals surface area contributed by atoms with Crippen molar-refractivity contribution in [1.82, 2.24) is 4.98 Å². The van der Waals surface area contributed by atoms with E-state index in [1.807, 2.05) is 0 Å². The standard InChI is InChI=1S/C11H14FNO2/c1-7(10(14)15)9-6-8(4-5-13-9)11(2,3)12/h4-7H,1-3H3,(H,14,15). The molecule has 0 spiro atoms. The molecule has 1 aromatic rings. The number of carbonyl (C=O) groups is 1. The first-order valence-electron chi connectivity index (χ1n) is 4.70. The van der Waals surface area contributed by atoms with Gasteiger partial charge in [-0.05, 0) is 38.5 Å². The van der Waals surface area contributed by atoms with E-state index in [0.717, 1.165) is 0 Å². The monoisotopic (exact) mass is 211 g/mol. The van der Waals surface area contributed by atoms with E-state index in [1.165, 1.54) is 33.0 Å². The van der Waals surface area contributed by atoms with E-state index in [-0.39, 0.29) is 0 Å². The van der Waals surface area contributed by atoms with Crippen molar-refractivity contribution in [3.8, 4) is 0 Å². The highest BCUT2D eigenvalue weighted by atomic mass is 19.1. The van der Waals surface area contributed by atoms with Crippen LogP contribution in [0.4, 0.5) is 4.39 Å². The summed E-state index contributed by atoms with van der Waals surface area (Å²) in [6.07, 6.45) is 1.44. The number of pyridine rings is 1. The van der Waals surface area contributed by atoms with Crippen molar-refractivity contribution >= 4 is 5.97 Å². The fraction of sp³-hybridized carbons (Fsp3) is 0.455. The second-order valence-electron chi connectivity index (χ2n) is 4.00. The molecule has 0 aliphatic rings. The Morgan fingerprint density at radius 2 is 2.20 bits per heavy atom. The number of hydrogen-bond acceptors (Lipinski definition) is 2. The first-order valence-corrected chi connectivity index (χ1v) is 4.70. The maximum absolute atomic E-state index is 13.6. The molecule has 0 aliphatic heterocycles. The van der Waals surface area contributed by atoms with E-state index in [4.69, 9.17) is 5.11 Å². The molecule has 15 heavy (non-hydrogen) atoms. The normalized spacial score (nSPS) is 13.6. The lowest BCUT2D eigenvalue weighted by Gasteiger charge is -2.16. The number of carboxylic acids is 1. The van der Waals surface area contributed by atoms with Gasteiger partial charge in [-0.15, -0.1) is 0 Å². The predicted molar refractivity (Wildman–Crippen MR) is 54.4 cm³/mol. The maximum atomic E-state index is 13.6. The summed E-state index contributed by atoms with van der Waals surface area (Å²) in [5, 5.41) is 8.80. The third-order valence-corrected chi connectivity index (χ3v) is 2.28. The SMILES string of the molecule is CC(C(=O)O)c1cc(C(C)(C)F)ccn1. The van der Waals surface area contributed by atoms with Crippen molar-refractivity contribution in [3.63, 3.8) is 0 Å². The summed E-state index contributed by atoms with van der Waals surface area (Å²) in [6.45, 7) is 4.38. The Morgan fingerprint density at radius 3 is 2.67 bits per heavy atom. The van der Waals surface area contributed by atoms with Gasteiger partial charge < -0.3 is 5.11 Å². The van der Waals surface area contributed by atoms with E-state index in [2.05, 4.69) is 4.98 Å². The van der Waals surface area contributed by atoms with Crippen LogP contribution in [0.5, 0.6) is 0 Å². The van der Waals surface area contributed by atoms with Gasteiger partial charge in [0.1, 0.15) is 5.67 Å². The van der Waals surface area contributed by atoms with Crippen LogP contribution in [0.1, 0.15) is 37.9 Å². The maximum Gasteiger partial charge on any atom is 0.312 e. The molecular formula is C11H14FNO2. The minimum Gasteiger partial charge on any atom is -0.481 e. The lowest BCUT2D eigenvalue weighted by atomic mass is 9.97. The van der Waals surface area contributed by atoms with E-state index in [1.54, 1.807) is 6.07 Å². The van der Waals surface area contributed by atoms with Gasteiger partial charge in [-0.3, -0.25) is 9.78 Å². The minimum atomic E-state index is -1.48. The first-order chi connectivity index (χ1) is 6.82. The molecule has 1 rings (SSSR count). The van der Waals surface area contributed by atoms with E-state index < -0.39 is 17.6 Å². The highest BCUT2D eigenvalue weighted by Gasteiger charge is 2.22. The van der Waals surface area contributed by atoms with Gasteiger partial charge in [-0.2, -0.15) is 0 Å². The van der Waals surface area contributed by atoms with Crippen molar-refractivity contribution in [2.24, 2.45) is 0 Å². The van der Waals surface area contributed by atoms with Crippen molar-refractivity contribution in [3.05, 3.63) is 29.6 Å². The van der Waals surface area contributed by atoms with Crippen molar-refractivity contribution in [2.75, 3.05) is 0 Å². The summed E-state index contributed by atoms with van der Waals surface area (Å²) in [7, 11) is 0. The van der Waals surface area contributed by atoms with E-state index in [9.17, 15) is 9.18 Å². The molecule has 1 N–H and O–H groups in total. The Balaban J connectivity index is 3.08. The third kappa shape index (κ3) is 2.75. The highest BCUT2D eigenvalue weighted by molar-refractivity contribution is 5.74. The molecule has 3 nitrogen and oxygen atoms in total. The minimum absolute atomic E-state index is 0.380. The Kier molecular flexibility index (Phi) is 3.07. The average Bonchev–Trinajstić information content (AvgIpc) is 2.15. The third-order valence-electron chi connectivity index (χ3n) is 2.28. The Morgan fingerprint density at radius 1 is 1.60 bits per heavy atom. The van der Waals surface area contributed by atoms with Crippen LogP contribution in [0.2, 0.25) is 0 Å². The van der Waals surface area contributed by atoms with Gasteiger partial charge in [0, 0.05) is 6.20 Å². The summed E-state index contributed by atoms with van der Waals surface area (Å²) in [5.74, 6) is -1.68. The number of nitrogens with zero attached hydrogens (tertiary/aromatic N) is 1. The quantitative estimate of drug-likeness (QED) is 0.835. The predicted octanol–water partition coefficient (Wildman–Crippen LogP) is 2.47. The Bertz CT molecular complexity index is 371. The number of halogens is 1. The van der Waals surface area contributed by atoms with Gasteiger partial charge in [0.2, 0.25) is 0 Å². The lowest BCUT2D eigenvalue weighted by molar-refractivity contribution is -0.138. The van der Waals surface area contributed by atoms with E-state index in [0.29, 0.717) is 11.3 Å². The zero-order chi connectivity index (χ0) is 11.6. The molecule has 82 valence electrons. The molecule has 0 aliphatic carbocycles. The molecule has 0 saturated heterocycles. The van der Waals surface area contributed by atoms with Crippen molar-refractivity contribution < 1.29 is 14.3 Å². The number of aliphatic carboxylic acids is 1. The van der Waals surface area contributed by atoms with Gasteiger partial charge >= 0.3 is 5.97 Å². The Hall–Kier alpha value is -1.45. The van der Waals surface area contributed by atoms with Gasteiger partial charge in [0.15, 0.2) is 0 Å². The molecule has 0 amide bonds. The Labute approximate surface area is 88.0 Å². The zero-order valence-corrected chi connectivity index (χ0v) is 8.99. The number of carboxylic acid groups (broad SMARTS) is 1. The van der Waals surface area contributed by atoms with Crippen LogP contribution in [0.15, 0.2) is 18.3 Å². The second-order valence-corrected chi connectivity index (χ2v) is 4.00. The number of aromatic nitrogens is 1. The molecule has 1 heterocycles. The average molecular weight is 211 g/mol. The van der Waals surface area contributed by atoms with Crippen molar-refractivity contribution in [2.45, 2.75) is 32.4 Å². The highest BCUT2D eigenvalue weighted by Crippen LogP contribution is 2.26. The molecule has 0 aromatic carbocycles. The van der Waals surface area contributed by atoms with Gasteiger partial charge in [-0.25, -0.2) is 4.39 Å². The summed E-state index contributed by atoms with van der Waals surface area (Å²) < 4.78 is 13.6. The van der Waals surface area contributed by atoms with Crippen LogP contribution in [0.25, 0.3) is 0 Å². The molecule has 0 bridgehead atoms. The van der Waals surface area contributed by atoms with Crippen LogP contribution in [0, 0.1) is 0 Å². The number of hydrogen-bond donors (Lipinski definition) is 1. The number of alkyl halides is 1. The smallest absolute Gasteiger partial charge is 0.312 e. The lowest BCUT2D eigenvalue weighted by Crippen LogP contribution is -2.13. The van der Waals surface area contributed by atoms with Crippen LogP contribution in [-0.2, 0) is 10.5 Å². The molecule has 0 radical (unpaired) electrons. The molecular weight excluding hydrogens is 197 g/mol. The first kappa shape index (κ1) is 11.6. The summed E-state index contributed by atoms with van der Waals surface area (Å²) in [5.41, 5.74) is -0.651. The van der Waals surface area contributed by atoms with Gasteiger partial charge in [-0.1, -0.05) is 0 Å². The fourth-order valence-electron chi connectivity index (χ4n) is 1.18. The summed E-state index contributed by atoms with van der Waals surface area (Å²) in [6, 6.07) is 3.05. The van der Waals surface area contributed by atoms with Crippen LogP contribution < -0.4 is 0 Å². The summed E-state index contributed by atoms with van der Waals surface area (Å²) in [4.78, 5) is 14.7. The van der Waals surface area contributed by atoms with Crippen LogP contribution >= 0.6 is 0 Å². The molecule has 0 saturated carbocycles. The fourth-order valence-corrected chi connectivity index (χ4v) is 1.18. The second kappa shape index (κ2) is 3.96. The molecule has 1 atom stereocenters. The summed E-state index contributed by atoms with van der Waals surface area (Å²) >= 11 is 0. The van der Waals surface area contributed by atoms with Crippen LogP contribution in [0.3, 0.4) is 0 Å². The molecule has 4 heteroatoms. The van der Waals surface area contributed by atoms with Crippen molar-refractivity contribution in [1.29, 1.82) is 0 Å². The van der Waals surface area contributed by atoms with E-state index >= 15 is 0 Å². The topological polar surface area (TPSA) is 50.2 Å². The number of rotatable bonds is 3. The molecule has 1 aromatic heterocycles.